The van der Waals surface area contributed by atoms with Gasteiger partial charge in [0.25, 0.3) is 0 Å². The van der Waals surface area contributed by atoms with Gasteiger partial charge in [-0.25, -0.2) is 8.42 Å². The quantitative estimate of drug-likeness (QED) is 0.649. The molecule has 1 saturated heterocycles. The van der Waals surface area contributed by atoms with Gasteiger partial charge < -0.3 is 5.32 Å². The van der Waals surface area contributed by atoms with E-state index >= 15 is 0 Å². The molecule has 8 nitrogen and oxygen atoms in total. The van der Waals surface area contributed by atoms with Crippen LogP contribution >= 0.6 is 0 Å². The van der Waals surface area contributed by atoms with Crippen molar-refractivity contribution >= 4 is 33.3 Å². The van der Waals surface area contributed by atoms with Crippen LogP contribution in [0, 0.1) is 0 Å². The second-order valence-electron chi connectivity index (χ2n) is 6.88. The van der Waals surface area contributed by atoms with Crippen molar-refractivity contribution in [1.29, 1.82) is 0 Å². The number of anilines is 1. The summed E-state index contributed by atoms with van der Waals surface area (Å²) in [5.74, 6) is 0.587. The van der Waals surface area contributed by atoms with E-state index in [4.69, 9.17) is 0 Å². The number of fused-ring (bicyclic) bond motifs is 1. The average molecular weight is 411 g/mol. The van der Waals surface area contributed by atoms with E-state index in [-0.39, 0.29) is 17.7 Å². The van der Waals surface area contributed by atoms with Gasteiger partial charge in [-0.2, -0.15) is 0 Å². The van der Waals surface area contributed by atoms with Gasteiger partial charge in [0, 0.05) is 18.8 Å². The van der Waals surface area contributed by atoms with Crippen LogP contribution in [0.2, 0.25) is 0 Å². The number of aromatic nitrogens is 3. The third-order valence-corrected chi connectivity index (χ3v) is 6.66. The Bertz CT molecular complexity index is 1170. The maximum Gasteiger partial charge on any atom is 0.244 e. The molecule has 0 spiro atoms. The third-order valence-electron chi connectivity index (χ3n) is 4.79. The molecule has 2 aromatic heterocycles. The molecular formula is C20H21N5O3S. The molecule has 3 heterocycles. The van der Waals surface area contributed by atoms with Crippen LogP contribution in [-0.4, -0.2) is 41.2 Å². The SMILES string of the molecule is CC(NC(=O)/C=C/c1ccc(N2CCCS2(=O)=O)cc1)c1nnc2ccccn12. The molecule has 3 aromatic rings. The number of rotatable bonds is 5. The maximum absolute atomic E-state index is 12.3. The van der Waals surface area contributed by atoms with Crippen molar-refractivity contribution in [3.05, 3.63) is 66.1 Å². The molecule has 0 bridgehead atoms. The second-order valence-corrected chi connectivity index (χ2v) is 8.90. The molecule has 1 aliphatic heterocycles. The molecule has 9 heteroatoms. The summed E-state index contributed by atoms with van der Waals surface area (Å²) in [6.07, 6.45) is 5.63. The van der Waals surface area contributed by atoms with Crippen molar-refractivity contribution in [2.75, 3.05) is 16.6 Å². The lowest BCUT2D eigenvalue weighted by molar-refractivity contribution is -0.117. The Kier molecular flexibility index (Phi) is 5.06. The molecule has 1 fully saturated rings. The highest BCUT2D eigenvalue weighted by molar-refractivity contribution is 7.93. The zero-order valence-electron chi connectivity index (χ0n) is 15.9. The molecule has 1 aliphatic rings. The van der Waals surface area contributed by atoms with Crippen LogP contribution in [0.5, 0.6) is 0 Å². The Morgan fingerprint density at radius 1 is 1.17 bits per heavy atom. The number of nitrogens with one attached hydrogen (secondary N) is 1. The molecule has 1 unspecified atom stereocenters. The molecular weight excluding hydrogens is 390 g/mol. The second kappa shape index (κ2) is 7.67. The summed E-state index contributed by atoms with van der Waals surface area (Å²) in [4.78, 5) is 12.3. The fourth-order valence-electron chi connectivity index (χ4n) is 3.33. The van der Waals surface area contributed by atoms with Crippen molar-refractivity contribution < 1.29 is 13.2 Å². The zero-order valence-corrected chi connectivity index (χ0v) is 16.7. The van der Waals surface area contributed by atoms with Crippen LogP contribution < -0.4 is 9.62 Å². The van der Waals surface area contributed by atoms with Gasteiger partial charge >= 0.3 is 0 Å². The Hall–Kier alpha value is -3.20. The lowest BCUT2D eigenvalue weighted by atomic mass is 10.2. The van der Waals surface area contributed by atoms with Crippen LogP contribution in [0.3, 0.4) is 0 Å². The normalized spacial score (nSPS) is 17.1. The van der Waals surface area contributed by atoms with Crippen molar-refractivity contribution in [2.24, 2.45) is 0 Å². The van der Waals surface area contributed by atoms with Crippen LogP contribution in [0.25, 0.3) is 11.7 Å². The van der Waals surface area contributed by atoms with Crippen molar-refractivity contribution in [3.63, 3.8) is 0 Å². The first-order valence-corrected chi connectivity index (χ1v) is 10.9. The third kappa shape index (κ3) is 4.00. The predicted octanol–water partition coefficient (Wildman–Crippen LogP) is 2.16. The number of sulfonamides is 1. The molecule has 0 saturated carbocycles. The lowest BCUT2D eigenvalue weighted by Crippen LogP contribution is -2.26. The molecule has 0 radical (unpaired) electrons. The van der Waals surface area contributed by atoms with Gasteiger partial charge in [-0.15, -0.1) is 10.2 Å². The summed E-state index contributed by atoms with van der Waals surface area (Å²) in [6, 6.07) is 12.4. The molecule has 1 aromatic carbocycles. The minimum absolute atomic E-state index is 0.189. The van der Waals surface area contributed by atoms with E-state index in [1.165, 1.54) is 10.4 Å². The van der Waals surface area contributed by atoms with Crippen molar-refractivity contribution in [1.82, 2.24) is 19.9 Å². The molecule has 150 valence electrons. The van der Waals surface area contributed by atoms with E-state index < -0.39 is 10.0 Å². The topological polar surface area (TPSA) is 96.7 Å². The smallest absolute Gasteiger partial charge is 0.244 e. The monoisotopic (exact) mass is 411 g/mol. The van der Waals surface area contributed by atoms with Gasteiger partial charge in [-0.1, -0.05) is 18.2 Å². The number of pyridine rings is 1. The highest BCUT2D eigenvalue weighted by Gasteiger charge is 2.28. The molecule has 0 aliphatic carbocycles. The minimum Gasteiger partial charge on any atom is -0.343 e. The number of amides is 1. The van der Waals surface area contributed by atoms with Gasteiger partial charge in [-0.3, -0.25) is 13.5 Å². The van der Waals surface area contributed by atoms with E-state index in [2.05, 4.69) is 15.5 Å². The number of hydrogen-bond donors (Lipinski definition) is 1. The Morgan fingerprint density at radius 3 is 2.69 bits per heavy atom. The number of carbonyl (C=O) groups is 1. The fourth-order valence-corrected chi connectivity index (χ4v) is 4.90. The Labute approximate surface area is 168 Å². The number of hydrogen-bond acceptors (Lipinski definition) is 5. The van der Waals surface area contributed by atoms with Gasteiger partial charge in [0.1, 0.15) is 0 Å². The van der Waals surface area contributed by atoms with E-state index in [1.807, 2.05) is 35.7 Å². The van der Waals surface area contributed by atoms with Crippen LogP contribution in [0.15, 0.2) is 54.7 Å². The highest BCUT2D eigenvalue weighted by atomic mass is 32.2. The van der Waals surface area contributed by atoms with Crippen molar-refractivity contribution in [3.8, 4) is 0 Å². The number of carbonyl (C=O) groups excluding carboxylic acids is 1. The molecule has 1 atom stereocenters. The van der Waals surface area contributed by atoms with Crippen LogP contribution in [0.4, 0.5) is 5.69 Å². The van der Waals surface area contributed by atoms with E-state index in [1.54, 1.807) is 30.3 Å². The Morgan fingerprint density at radius 2 is 1.97 bits per heavy atom. The first kappa shape index (κ1) is 19.1. The summed E-state index contributed by atoms with van der Waals surface area (Å²) in [6.45, 7) is 2.36. The lowest BCUT2D eigenvalue weighted by Gasteiger charge is -2.16. The van der Waals surface area contributed by atoms with Gasteiger partial charge in [-0.05, 0) is 49.2 Å². The van der Waals surface area contributed by atoms with Crippen molar-refractivity contribution in [2.45, 2.75) is 19.4 Å². The first-order valence-electron chi connectivity index (χ1n) is 9.33. The fraction of sp³-hybridized carbons (Fsp3) is 0.250. The molecule has 1 amide bonds. The van der Waals surface area contributed by atoms with E-state index in [9.17, 15) is 13.2 Å². The average Bonchev–Trinajstić information content (AvgIpc) is 3.29. The Balaban J connectivity index is 1.40. The van der Waals surface area contributed by atoms with E-state index in [0.29, 0.717) is 24.5 Å². The zero-order chi connectivity index (χ0) is 20.4. The predicted molar refractivity (Wildman–Crippen MR) is 111 cm³/mol. The summed E-state index contributed by atoms with van der Waals surface area (Å²) in [7, 11) is -3.19. The van der Waals surface area contributed by atoms with Gasteiger partial charge in [0.05, 0.1) is 17.5 Å². The molecule has 29 heavy (non-hydrogen) atoms. The molecule has 4 rings (SSSR count). The highest BCUT2D eigenvalue weighted by Crippen LogP contribution is 2.24. The maximum atomic E-state index is 12.3. The summed E-state index contributed by atoms with van der Waals surface area (Å²) in [5, 5.41) is 11.1. The number of benzene rings is 1. The van der Waals surface area contributed by atoms with Gasteiger partial charge in [0.15, 0.2) is 11.5 Å². The van der Waals surface area contributed by atoms with E-state index in [0.717, 1.165) is 11.2 Å². The summed E-state index contributed by atoms with van der Waals surface area (Å²) < 4.78 is 27.2. The molecule has 1 N–H and O–H groups in total. The standard InChI is InChI=1S/C20H21N5O3S/c1-15(20-23-22-18-5-2-3-12-24(18)20)21-19(26)11-8-16-6-9-17(10-7-16)25-13-4-14-29(25,27)28/h2-3,5-12,15H,4,13-14H2,1H3,(H,21,26)/b11-8+. The van der Waals surface area contributed by atoms with Crippen LogP contribution in [-0.2, 0) is 14.8 Å². The summed E-state index contributed by atoms with van der Waals surface area (Å²) >= 11 is 0. The van der Waals surface area contributed by atoms with Crippen LogP contribution in [0.1, 0.15) is 30.8 Å². The minimum atomic E-state index is -3.19. The largest absolute Gasteiger partial charge is 0.343 e. The summed E-state index contributed by atoms with van der Waals surface area (Å²) in [5.41, 5.74) is 2.18. The van der Waals surface area contributed by atoms with Gasteiger partial charge in [0.2, 0.25) is 15.9 Å². The number of nitrogens with zero attached hydrogens (tertiary/aromatic N) is 4. The first-order chi connectivity index (χ1) is 13.9.